The SMILES string of the molecule is CCOC1CC(NC(=O)N2CCCCC2CCC(=O)O)C1. The molecule has 0 spiro atoms. The lowest BCUT2D eigenvalue weighted by molar-refractivity contribution is -0.137. The molecule has 2 amide bonds. The number of ether oxygens (including phenoxy) is 1. The van der Waals surface area contributed by atoms with Crippen molar-refractivity contribution in [2.45, 2.75) is 70.1 Å². The number of hydrogen-bond acceptors (Lipinski definition) is 3. The first-order valence-corrected chi connectivity index (χ1v) is 8.00. The molecule has 0 aromatic rings. The van der Waals surface area contributed by atoms with Crippen LogP contribution in [0.15, 0.2) is 0 Å². The van der Waals surface area contributed by atoms with Gasteiger partial charge in [0, 0.05) is 31.7 Å². The average molecular weight is 298 g/mol. The van der Waals surface area contributed by atoms with Crippen molar-refractivity contribution in [3.05, 3.63) is 0 Å². The Morgan fingerprint density at radius 1 is 1.33 bits per heavy atom. The molecule has 120 valence electrons. The molecule has 2 fully saturated rings. The van der Waals surface area contributed by atoms with Crippen LogP contribution in [0.5, 0.6) is 0 Å². The number of nitrogens with one attached hydrogen (secondary N) is 1. The van der Waals surface area contributed by atoms with E-state index in [0.29, 0.717) is 13.0 Å². The molecule has 6 nitrogen and oxygen atoms in total. The molecule has 2 aliphatic rings. The van der Waals surface area contributed by atoms with Crippen LogP contribution >= 0.6 is 0 Å². The Hall–Kier alpha value is -1.30. The molecule has 2 N–H and O–H groups in total. The summed E-state index contributed by atoms with van der Waals surface area (Å²) >= 11 is 0. The van der Waals surface area contributed by atoms with E-state index in [4.69, 9.17) is 9.84 Å². The molecule has 1 heterocycles. The van der Waals surface area contributed by atoms with Gasteiger partial charge in [-0.1, -0.05) is 0 Å². The second-order valence-electron chi connectivity index (χ2n) is 5.97. The third-order valence-electron chi connectivity index (χ3n) is 4.40. The second-order valence-corrected chi connectivity index (χ2v) is 5.97. The number of carbonyl (C=O) groups is 2. The summed E-state index contributed by atoms with van der Waals surface area (Å²) in [6.45, 7) is 3.43. The Morgan fingerprint density at radius 3 is 2.76 bits per heavy atom. The van der Waals surface area contributed by atoms with Crippen molar-refractivity contribution in [3.8, 4) is 0 Å². The number of carbonyl (C=O) groups excluding carboxylic acids is 1. The molecule has 6 heteroatoms. The van der Waals surface area contributed by atoms with Crippen molar-refractivity contribution in [2.24, 2.45) is 0 Å². The minimum absolute atomic E-state index is 0.0370. The molecule has 1 saturated heterocycles. The fourth-order valence-electron chi connectivity index (χ4n) is 3.17. The van der Waals surface area contributed by atoms with Crippen LogP contribution in [0.25, 0.3) is 0 Å². The van der Waals surface area contributed by atoms with E-state index in [1.165, 1.54) is 0 Å². The van der Waals surface area contributed by atoms with Gasteiger partial charge in [0.2, 0.25) is 0 Å². The van der Waals surface area contributed by atoms with Gasteiger partial charge in [-0.2, -0.15) is 0 Å². The third kappa shape index (κ3) is 4.59. The molecule has 21 heavy (non-hydrogen) atoms. The molecule has 0 bridgehead atoms. The monoisotopic (exact) mass is 298 g/mol. The Balaban J connectivity index is 1.77. The lowest BCUT2D eigenvalue weighted by atomic mass is 9.89. The zero-order valence-electron chi connectivity index (χ0n) is 12.7. The van der Waals surface area contributed by atoms with Gasteiger partial charge in [0.15, 0.2) is 0 Å². The Labute approximate surface area is 125 Å². The van der Waals surface area contributed by atoms with Gasteiger partial charge < -0.3 is 20.1 Å². The summed E-state index contributed by atoms with van der Waals surface area (Å²) in [5.74, 6) is -0.792. The highest BCUT2D eigenvalue weighted by Gasteiger charge is 2.34. The lowest BCUT2D eigenvalue weighted by Gasteiger charge is -2.40. The van der Waals surface area contributed by atoms with Gasteiger partial charge in [-0.25, -0.2) is 4.79 Å². The highest BCUT2D eigenvalue weighted by atomic mass is 16.5. The summed E-state index contributed by atoms with van der Waals surface area (Å²) in [4.78, 5) is 24.9. The highest BCUT2D eigenvalue weighted by molar-refractivity contribution is 5.75. The summed E-state index contributed by atoms with van der Waals surface area (Å²) in [6.07, 6.45) is 5.71. The lowest BCUT2D eigenvalue weighted by Crippen LogP contribution is -2.55. The predicted molar refractivity (Wildman–Crippen MR) is 78.2 cm³/mol. The van der Waals surface area contributed by atoms with Crippen LogP contribution in [0.2, 0.25) is 0 Å². The van der Waals surface area contributed by atoms with Gasteiger partial charge in [0.25, 0.3) is 0 Å². The topological polar surface area (TPSA) is 78.9 Å². The minimum atomic E-state index is -0.792. The largest absolute Gasteiger partial charge is 0.481 e. The van der Waals surface area contributed by atoms with E-state index < -0.39 is 5.97 Å². The maximum absolute atomic E-state index is 12.3. The fourth-order valence-corrected chi connectivity index (χ4v) is 3.17. The van der Waals surface area contributed by atoms with Crippen molar-refractivity contribution >= 4 is 12.0 Å². The first kappa shape index (κ1) is 16.1. The van der Waals surface area contributed by atoms with Crippen molar-refractivity contribution < 1.29 is 19.4 Å². The molecule has 1 aliphatic carbocycles. The molecule has 0 aromatic heterocycles. The Bertz CT molecular complexity index is 369. The van der Waals surface area contributed by atoms with Crippen molar-refractivity contribution in [1.82, 2.24) is 10.2 Å². The maximum Gasteiger partial charge on any atom is 0.317 e. The van der Waals surface area contributed by atoms with E-state index in [9.17, 15) is 9.59 Å². The number of aliphatic carboxylic acids is 1. The average Bonchev–Trinajstić information content (AvgIpc) is 2.43. The molecule has 1 unspecified atom stereocenters. The molecule has 1 atom stereocenters. The van der Waals surface area contributed by atoms with Gasteiger partial charge >= 0.3 is 12.0 Å². The van der Waals surface area contributed by atoms with Crippen LogP contribution in [0.3, 0.4) is 0 Å². The van der Waals surface area contributed by atoms with Crippen molar-refractivity contribution in [3.63, 3.8) is 0 Å². The molecule has 0 aromatic carbocycles. The first-order valence-electron chi connectivity index (χ1n) is 8.00. The van der Waals surface area contributed by atoms with E-state index in [-0.39, 0.29) is 30.6 Å². The van der Waals surface area contributed by atoms with Crippen LogP contribution in [0, 0.1) is 0 Å². The number of likely N-dealkylation sites (tertiary alicyclic amines) is 1. The number of urea groups is 1. The van der Waals surface area contributed by atoms with Crippen LogP contribution in [-0.4, -0.2) is 53.3 Å². The number of carboxylic acids is 1. The number of nitrogens with zero attached hydrogens (tertiary/aromatic N) is 1. The number of amides is 2. The molecular weight excluding hydrogens is 272 g/mol. The minimum Gasteiger partial charge on any atom is -0.481 e. The van der Waals surface area contributed by atoms with Crippen LogP contribution in [0.4, 0.5) is 4.79 Å². The molecule has 1 aliphatic heterocycles. The standard InChI is InChI=1S/C15H26N2O4/c1-2-21-13-9-11(10-13)16-15(20)17-8-4-3-5-12(17)6-7-14(18)19/h11-13H,2-10H2,1H3,(H,16,20)(H,18,19). The molecule has 2 rings (SSSR count). The number of hydrogen-bond donors (Lipinski definition) is 2. The van der Waals surface area contributed by atoms with E-state index in [1.807, 2.05) is 11.8 Å². The zero-order chi connectivity index (χ0) is 15.2. The van der Waals surface area contributed by atoms with Gasteiger partial charge in [-0.05, 0) is 45.4 Å². The van der Waals surface area contributed by atoms with Gasteiger partial charge in [0.05, 0.1) is 6.10 Å². The fraction of sp³-hybridized carbons (Fsp3) is 0.867. The summed E-state index contributed by atoms with van der Waals surface area (Å²) in [5, 5.41) is 11.9. The van der Waals surface area contributed by atoms with Gasteiger partial charge in [-0.3, -0.25) is 4.79 Å². The Kier molecular flexibility index (Phi) is 5.85. The quantitative estimate of drug-likeness (QED) is 0.786. The summed E-state index contributed by atoms with van der Waals surface area (Å²) in [6, 6.07) is 0.235. The normalized spacial score (nSPS) is 28.8. The van der Waals surface area contributed by atoms with Gasteiger partial charge in [0.1, 0.15) is 0 Å². The maximum atomic E-state index is 12.3. The van der Waals surface area contributed by atoms with Crippen molar-refractivity contribution in [1.29, 1.82) is 0 Å². The second kappa shape index (κ2) is 7.64. The third-order valence-corrected chi connectivity index (χ3v) is 4.40. The number of carboxylic acid groups (broad SMARTS) is 1. The van der Waals surface area contributed by atoms with Crippen LogP contribution < -0.4 is 5.32 Å². The molecule has 0 radical (unpaired) electrons. The van der Waals surface area contributed by atoms with E-state index in [2.05, 4.69) is 5.32 Å². The summed E-state index contributed by atoms with van der Waals surface area (Å²) < 4.78 is 5.49. The van der Waals surface area contributed by atoms with E-state index in [1.54, 1.807) is 0 Å². The first-order chi connectivity index (χ1) is 10.1. The van der Waals surface area contributed by atoms with E-state index >= 15 is 0 Å². The number of rotatable bonds is 6. The molecular formula is C15H26N2O4. The smallest absolute Gasteiger partial charge is 0.317 e. The predicted octanol–water partition coefficient (Wildman–Crippen LogP) is 1.98. The summed E-state index contributed by atoms with van der Waals surface area (Å²) in [7, 11) is 0. The van der Waals surface area contributed by atoms with E-state index in [0.717, 1.165) is 38.6 Å². The Morgan fingerprint density at radius 2 is 2.10 bits per heavy atom. The highest BCUT2D eigenvalue weighted by Crippen LogP contribution is 2.25. The summed E-state index contributed by atoms with van der Waals surface area (Å²) in [5.41, 5.74) is 0. The zero-order valence-corrected chi connectivity index (χ0v) is 12.7. The van der Waals surface area contributed by atoms with Gasteiger partial charge in [-0.15, -0.1) is 0 Å². The van der Waals surface area contributed by atoms with Crippen molar-refractivity contribution in [2.75, 3.05) is 13.2 Å². The van der Waals surface area contributed by atoms with Crippen LogP contribution in [-0.2, 0) is 9.53 Å². The molecule has 1 saturated carbocycles. The number of piperidine rings is 1. The van der Waals surface area contributed by atoms with Crippen LogP contribution in [0.1, 0.15) is 51.9 Å².